The molecule has 1 heterocycles. The molecule has 0 unspecified atom stereocenters. The zero-order chi connectivity index (χ0) is 17.2. The number of rotatable bonds is 10. The van der Waals surface area contributed by atoms with Crippen molar-refractivity contribution in [2.45, 2.75) is 26.8 Å². The summed E-state index contributed by atoms with van der Waals surface area (Å²) >= 11 is 1.24. The van der Waals surface area contributed by atoms with Crippen molar-refractivity contribution in [3.05, 3.63) is 28.2 Å². The highest BCUT2D eigenvalue weighted by Gasteiger charge is 2.14. The Kier molecular flexibility index (Phi) is 8.06. The molecule has 1 aromatic rings. The second kappa shape index (κ2) is 9.80. The number of hydrogen-bond acceptors (Lipinski definition) is 8. The van der Waals surface area contributed by atoms with E-state index in [0.29, 0.717) is 42.2 Å². The number of aliphatic hydroxyl groups is 1. The minimum Gasteiger partial charge on any atom is -0.456 e. The van der Waals surface area contributed by atoms with E-state index < -0.39 is 0 Å². The van der Waals surface area contributed by atoms with Crippen LogP contribution in [0, 0.1) is 6.92 Å². The molecular weight excluding hydrogens is 320 g/mol. The Morgan fingerprint density at radius 1 is 1.52 bits per heavy atom. The molecule has 9 heteroatoms. The SMILES string of the molecule is C/C(=C(\CCO)SCOC=O)N(C=O)Cc1cnc(C)nc1N. The number of allylic oxidation sites excluding steroid dienone is 1. The van der Waals surface area contributed by atoms with E-state index in [1.807, 2.05) is 0 Å². The summed E-state index contributed by atoms with van der Waals surface area (Å²) in [6.07, 6.45) is 2.60. The predicted octanol–water partition coefficient (Wildman–Crippen LogP) is 0.803. The summed E-state index contributed by atoms with van der Waals surface area (Å²) in [5.74, 6) is 0.982. The van der Waals surface area contributed by atoms with E-state index in [1.54, 1.807) is 20.0 Å². The number of ether oxygens (including phenoxy) is 1. The standard InChI is InChI=1S/C14H20N4O4S/c1-10(13(3-4-19)23-9-22-8-21)18(7-20)6-12-5-16-11(2)17-14(12)15/h5,7-8,19H,3-4,6,9H2,1-2H3,(H2,15,16,17)/b13-10-. The summed E-state index contributed by atoms with van der Waals surface area (Å²) in [5, 5.41) is 9.16. The number of carbonyl (C=O) groups excluding carboxylic acids is 2. The first kappa shape index (κ1) is 18.9. The maximum atomic E-state index is 11.4. The average molecular weight is 340 g/mol. The molecule has 1 aromatic heterocycles. The molecule has 0 saturated carbocycles. The van der Waals surface area contributed by atoms with Crippen molar-refractivity contribution in [2.75, 3.05) is 18.3 Å². The van der Waals surface area contributed by atoms with Crippen molar-refractivity contribution in [1.29, 1.82) is 0 Å². The van der Waals surface area contributed by atoms with Crippen molar-refractivity contribution in [2.24, 2.45) is 0 Å². The van der Waals surface area contributed by atoms with Crippen LogP contribution < -0.4 is 5.73 Å². The van der Waals surface area contributed by atoms with Crippen LogP contribution in [0.1, 0.15) is 24.7 Å². The number of nitrogens with zero attached hydrogens (tertiary/aromatic N) is 3. The van der Waals surface area contributed by atoms with Crippen LogP contribution in [-0.4, -0.2) is 45.4 Å². The minimum absolute atomic E-state index is 0.0801. The van der Waals surface area contributed by atoms with E-state index >= 15 is 0 Å². The summed E-state index contributed by atoms with van der Waals surface area (Å²) in [6, 6.07) is 0. The number of aryl methyl sites for hydroxylation is 1. The molecule has 0 radical (unpaired) electrons. The Labute approximate surface area is 138 Å². The van der Waals surface area contributed by atoms with Gasteiger partial charge in [0.1, 0.15) is 17.6 Å². The van der Waals surface area contributed by atoms with Gasteiger partial charge in [-0.2, -0.15) is 0 Å². The Morgan fingerprint density at radius 3 is 2.83 bits per heavy atom. The van der Waals surface area contributed by atoms with E-state index in [1.165, 1.54) is 16.7 Å². The lowest BCUT2D eigenvalue weighted by atomic mass is 10.2. The second-order valence-electron chi connectivity index (χ2n) is 4.57. The van der Waals surface area contributed by atoms with Gasteiger partial charge in [-0.25, -0.2) is 9.97 Å². The molecular formula is C14H20N4O4S. The van der Waals surface area contributed by atoms with Gasteiger partial charge >= 0.3 is 0 Å². The topological polar surface area (TPSA) is 119 Å². The summed E-state index contributed by atoms with van der Waals surface area (Å²) in [5.41, 5.74) is 7.12. The molecule has 1 rings (SSSR count). The maximum Gasteiger partial charge on any atom is 0.293 e. The summed E-state index contributed by atoms with van der Waals surface area (Å²) in [4.78, 5) is 32.0. The van der Waals surface area contributed by atoms with Crippen molar-refractivity contribution in [1.82, 2.24) is 14.9 Å². The molecule has 0 aliphatic carbocycles. The maximum absolute atomic E-state index is 11.4. The third-order valence-corrected chi connectivity index (χ3v) is 4.13. The molecule has 3 N–H and O–H groups in total. The van der Waals surface area contributed by atoms with Crippen molar-refractivity contribution >= 4 is 30.5 Å². The van der Waals surface area contributed by atoms with Crippen molar-refractivity contribution < 1.29 is 19.4 Å². The van der Waals surface area contributed by atoms with Crippen LogP contribution in [0.5, 0.6) is 0 Å². The number of aromatic nitrogens is 2. The minimum atomic E-state index is -0.0801. The summed E-state index contributed by atoms with van der Waals surface area (Å²) in [7, 11) is 0. The number of hydrogen-bond donors (Lipinski definition) is 2. The predicted molar refractivity (Wildman–Crippen MR) is 86.8 cm³/mol. The van der Waals surface area contributed by atoms with Gasteiger partial charge in [0.15, 0.2) is 0 Å². The van der Waals surface area contributed by atoms with E-state index in [9.17, 15) is 9.59 Å². The second-order valence-corrected chi connectivity index (χ2v) is 5.59. The average Bonchev–Trinajstić information content (AvgIpc) is 2.53. The first-order chi connectivity index (χ1) is 11.0. The first-order valence-electron chi connectivity index (χ1n) is 6.82. The molecule has 0 aliphatic rings. The molecule has 0 bridgehead atoms. The number of aliphatic hydroxyl groups excluding tert-OH is 1. The van der Waals surface area contributed by atoms with Crippen molar-refractivity contribution in [3.63, 3.8) is 0 Å². The fourth-order valence-electron chi connectivity index (χ4n) is 1.80. The van der Waals surface area contributed by atoms with Crippen LogP contribution in [0.4, 0.5) is 5.82 Å². The Balaban J connectivity index is 2.96. The van der Waals surface area contributed by atoms with Crippen LogP contribution >= 0.6 is 11.8 Å². The van der Waals surface area contributed by atoms with Crippen LogP contribution in [0.3, 0.4) is 0 Å². The van der Waals surface area contributed by atoms with Gasteiger partial charge in [0, 0.05) is 35.4 Å². The molecule has 0 atom stereocenters. The fourth-order valence-corrected chi connectivity index (χ4v) is 2.63. The molecule has 0 aromatic carbocycles. The van der Waals surface area contributed by atoms with Crippen LogP contribution in [0.2, 0.25) is 0 Å². The van der Waals surface area contributed by atoms with Gasteiger partial charge in [-0.3, -0.25) is 9.59 Å². The Morgan fingerprint density at radius 2 is 2.26 bits per heavy atom. The molecule has 23 heavy (non-hydrogen) atoms. The van der Waals surface area contributed by atoms with Gasteiger partial charge in [-0.15, -0.1) is 0 Å². The van der Waals surface area contributed by atoms with Gasteiger partial charge in [0.2, 0.25) is 6.41 Å². The molecule has 0 fully saturated rings. The number of amides is 1. The van der Waals surface area contributed by atoms with Crippen LogP contribution in [0.25, 0.3) is 0 Å². The van der Waals surface area contributed by atoms with Gasteiger partial charge in [-0.05, 0) is 13.8 Å². The number of nitrogens with two attached hydrogens (primary N) is 1. The first-order valence-corrected chi connectivity index (χ1v) is 7.80. The van der Waals surface area contributed by atoms with Gasteiger partial charge in [0.05, 0.1) is 6.54 Å². The number of carbonyl (C=O) groups is 2. The zero-order valence-electron chi connectivity index (χ0n) is 13.1. The van der Waals surface area contributed by atoms with E-state index in [-0.39, 0.29) is 19.1 Å². The van der Waals surface area contributed by atoms with Crippen LogP contribution in [-0.2, 0) is 20.9 Å². The smallest absolute Gasteiger partial charge is 0.293 e. The normalized spacial score (nSPS) is 11.6. The van der Waals surface area contributed by atoms with E-state index in [2.05, 4.69) is 14.7 Å². The quantitative estimate of drug-likeness (QED) is 0.365. The summed E-state index contributed by atoms with van der Waals surface area (Å²) in [6.45, 7) is 3.96. The highest BCUT2D eigenvalue weighted by atomic mass is 32.2. The fraction of sp³-hybridized carbons (Fsp3) is 0.429. The molecule has 0 aliphatic heterocycles. The van der Waals surface area contributed by atoms with Gasteiger partial charge in [0.25, 0.3) is 6.47 Å². The Bertz CT molecular complexity index is 580. The van der Waals surface area contributed by atoms with E-state index in [4.69, 9.17) is 10.8 Å². The van der Waals surface area contributed by atoms with Gasteiger partial charge in [-0.1, -0.05) is 11.8 Å². The molecule has 8 nitrogen and oxygen atoms in total. The number of nitrogen functional groups attached to an aromatic ring is 1. The third-order valence-electron chi connectivity index (χ3n) is 3.03. The number of thioether (sulfide) groups is 1. The molecule has 0 spiro atoms. The third kappa shape index (κ3) is 5.87. The number of anilines is 1. The van der Waals surface area contributed by atoms with Crippen LogP contribution in [0.15, 0.2) is 16.8 Å². The highest BCUT2D eigenvalue weighted by molar-refractivity contribution is 8.02. The summed E-state index contributed by atoms with van der Waals surface area (Å²) < 4.78 is 4.64. The van der Waals surface area contributed by atoms with Gasteiger partial charge < -0.3 is 20.5 Å². The lowest BCUT2D eigenvalue weighted by Crippen LogP contribution is -2.22. The molecule has 0 saturated heterocycles. The van der Waals surface area contributed by atoms with Crippen molar-refractivity contribution in [3.8, 4) is 0 Å². The highest BCUT2D eigenvalue weighted by Crippen LogP contribution is 2.26. The lowest BCUT2D eigenvalue weighted by molar-refractivity contribution is -0.126. The molecule has 1 amide bonds. The largest absolute Gasteiger partial charge is 0.456 e. The molecule has 126 valence electrons. The lowest BCUT2D eigenvalue weighted by Gasteiger charge is -2.22. The Hall–Kier alpha value is -2.13. The zero-order valence-corrected chi connectivity index (χ0v) is 13.9. The monoisotopic (exact) mass is 340 g/mol. The van der Waals surface area contributed by atoms with E-state index in [0.717, 1.165) is 4.91 Å².